The van der Waals surface area contributed by atoms with E-state index in [4.69, 9.17) is 27.9 Å². The second kappa shape index (κ2) is 8.74. The van der Waals surface area contributed by atoms with Gasteiger partial charge in [-0.05, 0) is 60.9 Å². The zero-order valence-corrected chi connectivity index (χ0v) is 15.7. The van der Waals surface area contributed by atoms with Gasteiger partial charge in [0, 0.05) is 10.0 Å². The number of nitrogens with one attached hydrogen (secondary N) is 1. The van der Waals surface area contributed by atoms with Crippen molar-refractivity contribution >= 4 is 41.2 Å². The number of hydrogen-bond acceptors (Lipinski definition) is 3. The summed E-state index contributed by atoms with van der Waals surface area (Å²) in [5.41, 5.74) is 1.99. The van der Waals surface area contributed by atoms with Crippen LogP contribution in [0.3, 0.4) is 0 Å². The first-order chi connectivity index (χ1) is 12.3. The predicted molar refractivity (Wildman–Crippen MR) is 102 cm³/mol. The molecule has 7 heteroatoms. The van der Waals surface area contributed by atoms with Crippen molar-refractivity contribution in [2.75, 3.05) is 6.61 Å². The highest BCUT2D eigenvalue weighted by Crippen LogP contribution is 2.25. The molecule has 0 saturated carbocycles. The van der Waals surface area contributed by atoms with Gasteiger partial charge in [0.15, 0.2) is 6.61 Å². The Morgan fingerprint density at radius 2 is 1.69 bits per heavy atom. The van der Waals surface area contributed by atoms with Crippen molar-refractivity contribution in [3.63, 3.8) is 0 Å². The molecule has 0 unspecified atom stereocenters. The van der Waals surface area contributed by atoms with Crippen molar-refractivity contribution in [3.8, 4) is 5.75 Å². The van der Waals surface area contributed by atoms with Gasteiger partial charge in [-0.25, -0.2) is 4.79 Å². The highest BCUT2D eigenvalue weighted by atomic mass is 35.5. The lowest BCUT2D eigenvalue weighted by atomic mass is 10.1. The summed E-state index contributed by atoms with van der Waals surface area (Å²) in [6.07, 6.45) is 1.34. The first kappa shape index (κ1) is 19.8. The van der Waals surface area contributed by atoms with E-state index in [9.17, 15) is 14.7 Å². The van der Waals surface area contributed by atoms with Gasteiger partial charge < -0.3 is 15.2 Å². The molecule has 1 amide bonds. The quantitative estimate of drug-likeness (QED) is 0.719. The standard InChI is InChI=1S/C19H17Cl2NO4/c1-11-7-15(8-12(2)18(11)21)26-10-17(23)22-16(19(24)25)9-13-3-5-14(20)6-4-13/h3-9H,10H2,1-2H3,(H,22,23)(H,24,25)/b16-9+. The summed E-state index contributed by atoms with van der Waals surface area (Å²) >= 11 is 11.9. The Hall–Kier alpha value is -2.50. The third kappa shape index (κ3) is 5.51. The Morgan fingerprint density at radius 3 is 2.23 bits per heavy atom. The molecule has 2 N–H and O–H groups in total. The van der Waals surface area contributed by atoms with Crippen LogP contribution in [-0.4, -0.2) is 23.6 Å². The minimum absolute atomic E-state index is 0.260. The number of aryl methyl sites for hydroxylation is 2. The van der Waals surface area contributed by atoms with Gasteiger partial charge >= 0.3 is 5.97 Å². The molecule has 0 radical (unpaired) electrons. The van der Waals surface area contributed by atoms with Gasteiger partial charge in [0.05, 0.1) is 0 Å². The normalized spacial score (nSPS) is 11.2. The molecule has 0 atom stereocenters. The molecule has 26 heavy (non-hydrogen) atoms. The van der Waals surface area contributed by atoms with Gasteiger partial charge in [0.1, 0.15) is 11.4 Å². The molecule has 0 aromatic heterocycles. The number of carboxylic acids is 1. The van der Waals surface area contributed by atoms with Gasteiger partial charge in [-0.2, -0.15) is 0 Å². The summed E-state index contributed by atoms with van der Waals surface area (Å²) in [7, 11) is 0. The predicted octanol–water partition coefficient (Wildman–Crippen LogP) is 4.23. The Bertz CT molecular complexity index is 837. The van der Waals surface area contributed by atoms with Crippen LogP contribution in [0.1, 0.15) is 16.7 Å². The summed E-state index contributed by atoms with van der Waals surface area (Å²) < 4.78 is 5.42. The lowest BCUT2D eigenvalue weighted by Crippen LogP contribution is -2.31. The largest absolute Gasteiger partial charge is 0.484 e. The molecule has 2 rings (SSSR count). The van der Waals surface area contributed by atoms with Crippen LogP contribution >= 0.6 is 23.2 Å². The van der Waals surface area contributed by atoms with Crippen LogP contribution in [0.25, 0.3) is 6.08 Å². The van der Waals surface area contributed by atoms with E-state index in [2.05, 4.69) is 5.32 Å². The van der Waals surface area contributed by atoms with E-state index in [1.54, 1.807) is 36.4 Å². The Morgan fingerprint density at radius 1 is 1.12 bits per heavy atom. The number of halogens is 2. The minimum atomic E-state index is -1.26. The van der Waals surface area contributed by atoms with E-state index in [1.807, 2.05) is 13.8 Å². The maximum Gasteiger partial charge on any atom is 0.352 e. The highest BCUT2D eigenvalue weighted by Gasteiger charge is 2.13. The fraction of sp³-hybridized carbons (Fsp3) is 0.158. The van der Waals surface area contributed by atoms with E-state index < -0.39 is 11.9 Å². The average Bonchev–Trinajstić information content (AvgIpc) is 2.59. The number of amides is 1. The lowest BCUT2D eigenvalue weighted by molar-refractivity contribution is -0.134. The number of aliphatic carboxylic acids is 1. The average molecular weight is 394 g/mol. The van der Waals surface area contributed by atoms with Gasteiger partial charge in [-0.3, -0.25) is 4.79 Å². The van der Waals surface area contributed by atoms with Crippen LogP contribution < -0.4 is 10.1 Å². The van der Waals surface area contributed by atoms with E-state index in [0.717, 1.165) is 11.1 Å². The van der Waals surface area contributed by atoms with Crippen molar-refractivity contribution in [1.82, 2.24) is 5.32 Å². The first-order valence-electron chi connectivity index (χ1n) is 7.66. The lowest BCUT2D eigenvalue weighted by Gasteiger charge is -2.10. The second-order valence-electron chi connectivity index (χ2n) is 5.62. The third-order valence-corrected chi connectivity index (χ3v) is 4.31. The Labute approximate surface area is 161 Å². The van der Waals surface area contributed by atoms with Gasteiger partial charge in [0.25, 0.3) is 5.91 Å². The second-order valence-corrected chi connectivity index (χ2v) is 6.44. The van der Waals surface area contributed by atoms with Crippen LogP contribution in [0.4, 0.5) is 0 Å². The molecule has 0 aliphatic heterocycles. The van der Waals surface area contributed by atoms with Crippen molar-refractivity contribution < 1.29 is 19.4 Å². The molecule has 0 bridgehead atoms. The molecule has 0 fully saturated rings. The van der Waals surface area contributed by atoms with Crippen LogP contribution in [0.5, 0.6) is 5.75 Å². The number of carbonyl (C=O) groups is 2. The van der Waals surface area contributed by atoms with E-state index in [-0.39, 0.29) is 12.3 Å². The summed E-state index contributed by atoms with van der Waals surface area (Å²) in [5, 5.41) is 12.8. The number of rotatable bonds is 6. The smallest absolute Gasteiger partial charge is 0.352 e. The molecule has 0 aliphatic carbocycles. The van der Waals surface area contributed by atoms with Crippen LogP contribution in [0.15, 0.2) is 42.1 Å². The fourth-order valence-electron chi connectivity index (χ4n) is 2.20. The summed E-state index contributed by atoms with van der Waals surface area (Å²) in [5.74, 6) is -1.36. The van der Waals surface area contributed by atoms with Gasteiger partial charge in [0.2, 0.25) is 0 Å². The summed E-state index contributed by atoms with van der Waals surface area (Å²) in [6.45, 7) is 3.34. The first-order valence-corrected chi connectivity index (χ1v) is 8.42. The van der Waals surface area contributed by atoms with Crippen molar-refractivity contribution in [2.45, 2.75) is 13.8 Å². The van der Waals surface area contributed by atoms with Crippen LogP contribution in [-0.2, 0) is 9.59 Å². The van der Waals surface area contributed by atoms with E-state index in [1.165, 1.54) is 6.08 Å². The minimum Gasteiger partial charge on any atom is -0.484 e. The molecule has 0 aliphatic rings. The number of carboxylic acid groups (broad SMARTS) is 1. The summed E-state index contributed by atoms with van der Waals surface area (Å²) in [4.78, 5) is 23.4. The molecule has 0 saturated heterocycles. The zero-order valence-electron chi connectivity index (χ0n) is 14.2. The Kier molecular flexibility index (Phi) is 6.66. The zero-order chi connectivity index (χ0) is 19.3. The fourth-order valence-corrected chi connectivity index (χ4v) is 2.44. The Balaban J connectivity index is 2.04. The molecule has 136 valence electrons. The molecule has 0 heterocycles. The van der Waals surface area contributed by atoms with Gasteiger partial charge in [-0.15, -0.1) is 0 Å². The molecule has 2 aromatic rings. The number of benzene rings is 2. The topological polar surface area (TPSA) is 75.6 Å². The summed E-state index contributed by atoms with van der Waals surface area (Å²) in [6, 6.07) is 9.97. The maximum absolute atomic E-state index is 12.0. The van der Waals surface area contributed by atoms with E-state index in [0.29, 0.717) is 21.4 Å². The van der Waals surface area contributed by atoms with Gasteiger partial charge in [-0.1, -0.05) is 35.3 Å². The van der Waals surface area contributed by atoms with E-state index >= 15 is 0 Å². The highest BCUT2D eigenvalue weighted by molar-refractivity contribution is 6.32. The molecule has 0 spiro atoms. The molecule has 2 aromatic carbocycles. The van der Waals surface area contributed by atoms with Crippen molar-refractivity contribution in [3.05, 3.63) is 68.8 Å². The maximum atomic E-state index is 12.0. The van der Waals surface area contributed by atoms with Crippen molar-refractivity contribution in [1.29, 1.82) is 0 Å². The molecular weight excluding hydrogens is 377 g/mol. The third-order valence-electron chi connectivity index (χ3n) is 3.47. The monoisotopic (exact) mass is 393 g/mol. The van der Waals surface area contributed by atoms with Crippen molar-refractivity contribution in [2.24, 2.45) is 0 Å². The SMILES string of the molecule is Cc1cc(OCC(=O)N/C(=C/c2ccc(Cl)cc2)C(=O)O)cc(C)c1Cl. The molecule has 5 nitrogen and oxygen atoms in total. The van der Waals surface area contributed by atoms with Crippen LogP contribution in [0, 0.1) is 13.8 Å². The number of hydrogen-bond donors (Lipinski definition) is 2. The molecular formula is C19H17Cl2NO4. The van der Waals surface area contributed by atoms with Crippen LogP contribution in [0.2, 0.25) is 10.0 Å². The number of ether oxygens (including phenoxy) is 1. The number of carbonyl (C=O) groups excluding carboxylic acids is 1.